The van der Waals surface area contributed by atoms with Crippen molar-refractivity contribution < 1.29 is 22.8 Å². The van der Waals surface area contributed by atoms with E-state index in [1.54, 1.807) is 6.92 Å². The number of nitrogens with one attached hydrogen (secondary N) is 1. The standard InChI is InChI=1S/C12H11F3N2O2/c1-7-2-3-8(12(13,14)15)4-9(7)17-5-10(18)16-11(19)6-17/h2-4H,5-6H2,1H3,(H,16,18,19). The van der Waals surface area contributed by atoms with E-state index in [-0.39, 0.29) is 18.8 Å². The van der Waals surface area contributed by atoms with E-state index in [0.717, 1.165) is 12.1 Å². The zero-order valence-electron chi connectivity index (χ0n) is 10.0. The van der Waals surface area contributed by atoms with Crippen LogP contribution >= 0.6 is 0 Å². The van der Waals surface area contributed by atoms with E-state index in [1.807, 2.05) is 0 Å². The summed E-state index contributed by atoms with van der Waals surface area (Å²) in [6.45, 7) is 1.37. The minimum absolute atomic E-state index is 0.131. The highest BCUT2D eigenvalue weighted by Crippen LogP contribution is 2.33. The van der Waals surface area contributed by atoms with Crippen LogP contribution in [0.1, 0.15) is 11.1 Å². The molecular weight excluding hydrogens is 261 g/mol. The maximum atomic E-state index is 12.7. The zero-order chi connectivity index (χ0) is 14.2. The average molecular weight is 272 g/mol. The first-order valence-electron chi connectivity index (χ1n) is 5.53. The molecule has 4 nitrogen and oxygen atoms in total. The predicted molar refractivity (Wildman–Crippen MR) is 61.5 cm³/mol. The first-order valence-corrected chi connectivity index (χ1v) is 5.53. The lowest BCUT2D eigenvalue weighted by atomic mass is 10.1. The Kier molecular flexibility index (Phi) is 3.21. The Hall–Kier alpha value is -2.05. The Morgan fingerprint density at radius 3 is 2.26 bits per heavy atom. The van der Waals surface area contributed by atoms with Gasteiger partial charge in [0, 0.05) is 5.69 Å². The lowest BCUT2D eigenvalue weighted by molar-refractivity contribution is -0.137. The van der Waals surface area contributed by atoms with Gasteiger partial charge in [0.25, 0.3) is 0 Å². The van der Waals surface area contributed by atoms with Crippen LogP contribution in [0.5, 0.6) is 0 Å². The normalized spacial score (nSPS) is 16.5. The molecule has 0 bridgehead atoms. The minimum atomic E-state index is -4.45. The largest absolute Gasteiger partial charge is 0.416 e. The molecule has 1 saturated heterocycles. The minimum Gasteiger partial charge on any atom is -0.353 e. The van der Waals surface area contributed by atoms with Gasteiger partial charge in [0.2, 0.25) is 11.8 Å². The van der Waals surface area contributed by atoms with Gasteiger partial charge >= 0.3 is 6.18 Å². The molecule has 1 fully saturated rings. The number of halogens is 3. The molecule has 2 rings (SSSR count). The molecule has 7 heteroatoms. The summed E-state index contributed by atoms with van der Waals surface area (Å²) < 4.78 is 38.0. The van der Waals surface area contributed by atoms with E-state index in [1.165, 1.54) is 11.0 Å². The van der Waals surface area contributed by atoms with Crippen LogP contribution in [0.3, 0.4) is 0 Å². The van der Waals surface area contributed by atoms with Crippen molar-refractivity contribution in [1.82, 2.24) is 5.32 Å². The maximum absolute atomic E-state index is 12.7. The van der Waals surface area contributed by atoms with Gasteiger partial charge in [0.1, 0.15) is 0 Å². The summed E-state index contributed by atoms with van der Waals surface area (Å²) in [6, 6.07) is 3.26. The van der Waals surface area contributed by atoms with E-state index < -0.39 is 23.6 Å². The Balaban J connectivity index is 2.38. The summed E-state index contributed by atoms with van der Waals surface area (Å²) in [4.78, 5) is 23.8. The molecule has 1 aromatic rings. The summed E-state index contributed by atoms with van der Waals surface area (Å²) in [7, 11) is 0. The van der Waals surface area contributed by atoms with Crippen molar-refractivity contribution in [3.8, 4) is 0 Å². The van der Waals surface area contributed by atoms with Crippen molar-refractivity contribution >= 4 is 17.5 Å². The summed E-state index contributed by atoms with van der Waals surface area (Å²) in [5.74, 6) is -1.04. The van der Waals surface area contributed by atoms with Gasteiger partial charge in [0.05, 0.1) is 18.7 Å². The Bertz CT molecular complexity index is 524. The number of imide groups is 1. The Labute approximate surface area is 107 Å². The fraction of sp³-hybridized carbons (Fsp3) is 0.333. The molecule has 1 heterocycles. The fourth-order valence-corrected chi connectivity index (χ4v) is 1.93. The summed E-state index contributed by atoms with van der Waals surface area (Å²) in [6.07, 6.45) is -4.45. The van der Waals surface area contributed by atoms with Crippen molar-refractivity contribution in [2.24, 2.45) is 0 Å². The fourth-order valence-electron chi connectivity index (χ4n) is 1.93. The number of aryl methyl sites for hydroxylation is 1. The van der Waals surface area contributed by atoms with E-state index in [4.69, 9.17) is 0 Å². The molecule has 0 spiro atoms. The molecular formula is C12H11F3N2O2. The van der Waals surface area contributed by atoms with Crippen LogP contribution in [-0.4, -0.2) is 24.9 Å². The average Bonchev–Trinajstić information content (AvgIpc) is 2.26. The van der Waals surface area contributed by atoms with Crippen LogP contribution in [0.2, 0.25) is 0 Å². The van der Waals surface area contributed by atoms with Crippen molar-refractivity contribution in [2.45, 2.75) is 13.1 Å². The summed E-state index contributed by atoms with van der Waals surface area (Å²) >= 11 is 0. The number of carbonyl (C=O) groups is 2. The highest BCUT2D eigenvalue weighted by Gasteiger charge is 2.32. The molecule has 0 saturated carbocycles. The number of amides is 2. The van der Waals surface area contributed by atoms with Crippen LogP contribution in [0.25, 0.3) is 0 Å². The van der Waals surface area contributed by atoms with Crippen LogP contribution in [0, 0.1) is 6.92 Å². The van der Waals surface area contributed by atoms with Crippen LogP contribution in [0.15, 0.2) is 18.2 Å². The van der Waals surface area contributed by atoms with Gasteiger partial charge in [-0.2, -0.15) is 13.2 Å². The summed E-state index contributed by atoms with van der Waals surface area (Å²) in [5, 5.41) is 2.10. The molecule has 0 aliphatic carbocycles. The lowest BCUT2D eigenvalue weighted by Crippen LogP contribution is -2.51. The van der Waals surface area contributed by atoms with Crippen LogP contribution in [-0.2, 0) is 15.8 Å². The third-order valence-electron chi connectivity index (χ3n) is 2.82. The number of piperazine rings is 1. The highest BCUT2D eigenvalue weighted by molar-refractivity contribution is 6.02. The molecule has 19 heavy (non-hydrogen) atoms. The molecule has 102 valence electrons. The van der Waals surface area contributed by atoms with Gasteiger partial charge in [0.15, 0.2) is 0 Å². The van der Waals surface area contributed by atoms with Crippen LogP contribution in [0.4, 0.5) is 18.9 Å². The molecule has 0 unspecified atom stereocenters. The van der Waals surface area contributed by atoms with Gasteiger partial charge in [-0.15, -0.1) is 0 Å². The van der Waals surface area contributed by atoms with Crippen molar-refractivity contribution in [2.75, 3.05) is 18.0 Å². The van der Waals surface area contributed by atoms with Gasteiger partial charge in [-0.05, 0) is 24.6 Å². The Morgan fingerprint density at radius 2 is 1.74 bits per heavy atom. The van der Waals surface area contributed by atoms with E-state index in [9.17, 15) is 22.8 Å². The number of carbonyl (C=O) groups excluding carboxylic acids is 2. The molecule has 1 aromatic carbocycles. The molecule has 0 atom stereocenters. The van der Waals surface area contributed by atoms with Crippen molar-refractivity contribution in [3.63, 3.8) is 0 Å². The molecule has 1 aliphatic rings. The first-order chi connectivity index (χ1) is 8.77. The molecule has 0 radical (unpaired) electrons. The predicted octanol–water partition coefficient (Wildman–Crippen LogP) is 1.48. The molecule has 2 amide bonds. The second kappa shape index (κ2) is 4.56. The molecule has 0 aromatic heterocycles. The van der Waals surface area contributed by atoms with Gasteiger partial charge < -0.3 is 4.90 Å². The van der Waals surface area contributed by atoms with E-state index in [2.05, 4.69) is 5.32 Å². The number of hydrogen-bond acceptors (Lipinski definition) is 3. The zero-order valence-corrected chi connectivity index (χ0v) is 10.0. The maximum Gasteiger partial charge on any atom is 0.416 e. The third kappa shape index (κ3) is 2.86. The topological polar surface area (TPSA) is 49.4 Å². The first kappa shape index (κ1) is 13.4. The van der Waals surface area contributed by atoms with Gasteiger partial charge in [-0.1, -0.05) is 6.07 Å². The molecule has 1 aliphatic heterocycles. The number of nitrogens with zero attached hydrogens (tertiary/aromatic N) is 1. The monoisotopic (exact) mass is 272 g/mol. The quantitative estimate of drug-likeness (QED) is 0.788. The number of rotatable bonds is 1. The smallest absolute Gasteiger partial charge is 0.353 e. The second-order valence-corrected chi connectivity index (χ2v) is 4.33. The number of benzene rings is 1. The Morgan fingerprint density at radius 1 is 1.16 bits per heavy atom. The van der Waals surface area contributed by atoms with Crippen molar-refractivity contribution in [1.29, 1.82) is 0 Å². The number of anilines is 1. The third-order valence-corrected chi connectivity index (χ3v) is 2.82. The van der Waals surface area contributed by atoms with Crippen LogP contribution < -0.4 is 10.2 Å². The second-order valence-electron chi connectivity index (χ2n) is 4.33. The highest BCUT2D eigenvalue weighted by atomic mass is 19.4. The number of hydrogen-bond donors (Lipinski definition) is 1. The van der Waals surface area contributed by atoms with Crippen molar-refractivity contribution in [3.05, 3.63) is 29.3 Å². The van der Waals surface area contributed by atoms with Gasteiger partial charge in [-0.25, -0.2) is 0 Å². The SMILES string of the molecule is Cc1ccc(C(F)(F)F)cc1N1CC(=O)NC(=O)C1. The van der Waals surface area contributed by atoms with Gasteiger partial charge in [-0.3, -0.25) is 14.9 Å². The lowest BCUT2D eigenvalue weighted by Gasteiger charge is -2.29. The van der Waals surface area contributed by atoms with E-state index >= 15 is 0 Å². The molecule has 1 N–H and O–H groups in total. The number of alkyl halides is 3. The summed E-state index contributed by atoms with van der Waals surface area (Å²) in [5.41, 5.74) is 0.0278. The van der Waals surface area contributed by atoms with E-state index in [0.29, 0.717) is 5.56 Å².